The zero-order valence-corrected chi connectivity index (χ0v) is 21.1. The minimum Gasteiger partial charge on any atom is -0.495 e. The van der Waals surface area contributed by atoms with Gasteiger partial charge in [0.15, 0.2) is 5.82 Å². The van der Waals surface area contributed by atoms with Crippen LogP contribution in [-0.4, -0.2) is 62.7 Å². The highest BCUT2D eigenvalue weighted by Gasteiger charge is 2.44. The molecule has 2 aromatic carbocycles. The Labute approximate surface area is 220 Å². The summed E-state index contributed by atoms with van der Waals surface area (Å²) >= 11 is 0. The van der Waals surface area contributed by atoms with E-state index in [9.17, 15) is 26.4 Å². The number of carbonyl (C=O) groups is 1. The zero-order chi connectivity index (χ0) is 27.9. The van der Waals surface area contributed by atoms with Gasteiger partial charge in [-0.1, -0.05) is 23.4 Å². The summed E-state index contributed by atoms with van der Waals surface area (Å²) in [6.45, 7) is -0.532. The van der Waals surface area contributed by atoms with Gasteiger partial charge >= 0.3 is 10.2 Å². The monoisotopic (exact) mass is 570 g/mol. The zero-order valence-electron chi connectivity index (χ0n) is 20.3. The van der Waals surface area contributed by atoms with Gasteiger partial charge in [0, 0.05) is 36.3 Å². The van der Waals surface area contributed by atoms with E-state index in [0.717, 1.165) is 28.6 Å². The van der Waals surface area contributed by atoms with Gasteiger partial charge in [0.25, 0.3) is 12.3 Å². The lowest BCUT2D eigenvalue weighted by molar-refractivity contribution is -0.134. The number of rotatable bonds is 7. The van der Waals surface area contributed by atoms with Crippen LogP contribution in [0, 0.1) is 11.6 Å². The van der Waals surface area contributed by atoms with Gasteiger partial charge in [0.1, 0.15) is 30.3 Å². The number of anilines is 2. The van der Waals surface area contributed by atoms with Gasteiger partial charge in [0.2, 0.25) is 0 Å². The smallest absolute Gasteiger partial charge is 0.302 e. The van der Waals surface area contributed by atoms with Crippen molar-refractivity contribution in [3.8, 4) is 16.9 Å². The number of hydrogen-bond donors (Lipinski definition) is 1. The molecule has 15 heteroatoms. The summed E-state index contributed by atoms with van der Waals surface area (Å²) in [4.78, 5) is 14.2. The number of hydrogen-bond acceptors (Lipinski definition) is 7. The van der Waals surface area contributed by atoms with Crippen LogP contribution >= 0.6 is 0 Å². The van der Waals surface area contributed by atoms with E-state index in [1.165, 1.54) is 30.4 Å². The third-order valence-corrected chi connectivity index (χ3v) is 8.08. The highest BCUT2D eigenvalue weighted by molar-refractivity contribution is 7.90. The summed E-state index contributed by atoms with van der Waals surface area (Å²) in [6, 6.07) is 6.03. The quantitative estimate of drug-likeness (QED) is 0.431. The molecule has 1 amide bonds. The summed E-state index contributed by atoms with van der Waals surface area (Å²) in [5.74, 6) is -2.77. The molecule has 10 nitrogen and oxygen atoms in total. The number of benzene rings is 2. The summed E-state index contributed by atoms with van der Waals surface area (Å²) in [5, 5.41) is 3.53. The minimum absolute atomic E-state index is 0.00396. The number of fused-ring (bicyclic) bond motifs is 1. The van der Waals surface area contributed by atoms with Crippen LogP contribution in [0.4, 0.5) is 29.1 Å². The molecule has 2 fully saturated rings. The minimum atomic E-state index is -4.02. The van der Waals surface area contributed by atoms with Gasteiger partial charge in [-0.2, -0.15) is 12.7 Å². The first kappa shape index (κ1) is 26.9. The molecule has 2 atom stereocenters. The number of nitrogens with one attached hydrogen (secondary N) is 1. The van der Waals surface area contributed by atoms with E-state index >= 15 is 4.39 Å². The Bertz CT molecular complexity index is 1490. The maximum absolute atomic E-state index is 15.4. The molecule has 5 rings (SSSR count). The first-order chi connectivity index (χ1) is 18.6. The second-order valence-corrected chi connectivity index (χ2v) is 10.5. The molecule has 2 aliphatic rings. The van der Waals surface area contributed by atoms with Crippen molar-refractivity contribution in [1.29, 1.82) is 0 Å². The molecule has 0 aliphatic carbocycles. The third-order valence-electron chi connectivity index (χ3n) is 6.60. The number of amides is 1. The molecule has 208 valence electrons. The van der Waals surface area contributed by atoms with E-state index < -0.39 is 58.5 Å². The molecule has 0 saturated carbocycles. The van der Waals surface area contributed by atoms with Gasteiger partial charge in [-0.05, 0) is 12.5 Å². The Morgan fingerprint density at radius 2 is 1.97 bits per heavy atom. The number of methoxy groups -OCH3 is 1. The molecule has 2 aliphatic heterocycles. The number of halogens is 4. The molecule has 39 heavy (non-hydrogen) atoms. The van der Waals surface area contributed by atoms with Crippen LogP contribution in [-0.2, 0) is 19.7 Å². The predicted molar refractivity (Wildman–Crippen MR) is 130 cm³/mol. The molecular formula is C24H22F4N4O6S. The summed E-state index contributed by atoms with van der Waals surface area (Å²) in [6.07, 6.45) is -2.52. The lowest BCUT2D eigenvalue weighted by Crippen LogP contribution is -2.62. The Morgan fingerprint density at radius 3 is 2.67 bits per heavy atom. The van der Waals surface area contributed by atoms with Crippen molar-refractivity contribution >= 4 is 27.6 Å². The van der Waals surface area contributed by atoms with Gasteiger partial charge in [-0.25, -0.2) is 17.6 Å². The average molecular weight is 571 g/mol. The predicted octanol–water partition coefficient (Wildman–Crippen LogP) is 3.73. The fraction of sp³-hybridized carbons (Fsp3) is 0.333. The van der Waals surface area contributed by atoms with E-state index in [1.54, 1.807) is 0 Å². The molecule has 1 N–H and O–H groups in total. The van der Waals surface area contributed by atoms with Crippen LogP contribution < -0.4 is 14.4 Å². The first-order valence-electron chi connectivity index (χ1n) is 11.7. The Balaban J connectivity index is 1.45. The number of nitrogens with zero attached hydrogens (tertiary/aromatic N) is 3. The first-order valence-corrected chi connectivity index (χ1v) is 13.1. The molecule has 1 aromatic heterocycles. The van der Waals surface area contributed by atoms with E-state index in [1.807, 2.05) is 0 Å². The number of alkyl halides is 2. The van der Waals surface area contributed by atoms with Gasteiger partial charge in [-0.3, -0.25) is 9.52 Å². The van der Waals surface area contributed by atoms with E-state index in [4.69, 9.17) is 9.47 Å². The SMILES string of the molecule is COc1cc(-c2cccc(C(F)F)c2F)c(F)cc1N1C(=O)CO[C@H]2CN(S(=O)(=O)Nc3ccon3)CC[C@@H]21. The Kier molecular flexibility index (Phi) is 7.22. The standard InChI is InChI=1S/C24H22F4N4O6S/c1-36-19-9-15(13-3-2-4-14(23(13)26)24(27)28)16(25)10-18(19)32-17-5-7-31(11-20(17)37-12-22(32)33)39(34,35)30-21-6-8-38-29-21/h2-4,6,8-10,17,20,24H,5,7,11-12H2,1H3,(H,29,30)/t17-,20-/m0/s1. The van der Waals surface area contributed by atoms with E-state index in [2.05, 4.69) is 14.4 Å². The number of morpholine rings is 1. The van der Waals surface area contributed by atoms with Crippen LogP contribution in [0.3, 0.4) is 0 Å². The van der Waals surface area contributed by atoms with E-state index in [0.29, 0.717) is 0 Å². The fourth-order valence-corrected chi connectivity index (χ4v) is 5.98. The molecule has 3 aromatic rings. The van der Waals surface area contributed by atoms with Crippen molar-refractivity contribution < 1.29 is 44.8 Å². The maximum atomic E-state index is 15.4. The van der Waals surface area contributed by atoms with Crippen molar-refractivity contribution in [2.24, 2.45) is 0 Å². The lowest BCUT2D eigenvalue weighted by atomic mass is 9.97. The highest BCUT2D eigenvalue weighted by Crippen LogP contribution is 2.41. The van der Waals surface area contributed by atoms with E-state index in [-0.39, 0.29) is 47.9 Å². The van der Waals surface area contributed by atoms with Gasteiger partial charge < -0.3 is 18.9 Å². The lowest BCUT2D eigenvalue weighted by Gasteiger charge is -2.46. The fourth-order valence-electron chi connectivity index (χ4n) is 4.79. The van der Waals surface area contributed by atoms with Gasteiger partial charge in [-0.15, -0.1) is 0 Å². The molecule has 0 spiro atoms. The third kappa shape index (κ3) is 5.04. The van der Waals surface area contributed by atoms with Crippen molar-refractivity contribution in [3.05, 3.63) is 59.9 Å². The van der Waals surface area contributed by atoms with Crippen molar-refractivity contribution in [3.63, 3.8) is 0 Å². The van der Waals surface area contributed by atoms with Crippen LogP contribution in [0.15, 0.2) is 47.2 Å². The largest absolute Gasteiger partial charge is 0.495 e. The van der Waals surface area contributed by atoms with Crippen molar-refractivity contribution in [2.75, 3.05) is 36.4 Å². The molecule has 0 unspecified atom stereocenters. The molecule has 0 radical (unpaired) electrons. The van der Waals surface area contributed by atoms with Crippen molar-refractivity contribution in [2.45, 2.75) is 25.0 Å². The molecule has 3 heterocycles. The summed E-state index contributed by atoms with van der Waals surface area (Å²) in [7, 11) is -2.75. The van der Waals surface area contributed by atoms with Crippen LogP contribution in [0.1, 0.15) is 18.4 Å². The van der Waals surface area contributed by atoms with Crippen molar-refractivity contribution in [1.82, 2.24) is 9.46 Å². The summed E-state index contributed by atoms with van der Waals surface area (Å²) in [5.41, 5.74) is -1.57. The molecule has 2 saturated heterocycles. The number of piperidine rings is 1. The normalized spacial score (nSPS) is 20.3. The van der Waals surface area contributed by atoms with Crippen LogP contribution in [0.25, 0.3) is 11.1 Å². The number of carbonyl (C=O) groups excluding carboxylic acids is 1. The maximum Gasteiger partial charge on any atom is 0.302 e. The second-order valence-electron chi connectivity index (χ2n) is 8.83. The molecular weight excluding hydrogens is 548 g/mol. The molecule has 0 bridgehead atoms. The van der Waals surface area contributed by atoms with Crippen LogP contribution in [0.2, 0.25) is 0 Å². The highest BCUT2D eigenvalue weighted by atomic mass is 32.2. The Hall–Kier alpha value is -3.69. The number of ether oxygens (including phenoxy) is 2. The van der Waals surface area contributed by atoms with Crippen LogP contribution in [0.5, 0.6) is 5.75 Å². The Morgan fingerprint density at radius 1 is 1.18 bits per heavy atom. The summed E-state index contributed by atoms with van der Waals surface area (Å²) < 4.78 is 101. The number of aromatic nitrogens is 1. The second kappa shape index (κ2) is 10.5. The average Bonchev–Trinajstić information content (AvgIpc) is 3.41. The van der Waals surface area contributed by atoms with Gasteiger partial charge in [0.05, 0.1) is 30.5 Å². The topological polar surface area (TPSA) is 114 Å².